The van der Waals surface area contributed by atoms with Crippen LogP contribution in [0, 0.1) is 0 Å². The van der Waals surface area contributed by atoms with Crippen molar-refractivity contribution in [3.05, 3.63) is 118 Å². The fraction of sp³-hybridized carbons (Fsp3) is 0.273. The van der Waals surface area contributed by atoms with Gasteiger partial charge in [-0.05, 0) is 69.8 Å². The zero-order chi connectivity index (χ0) is 40.2. The van der Waals surface area contributed by atoms with E-state index in [9.17, 15) is 71.7 Å². The molecule has 0 unspecified atom stereocenters. The molecular formula is C33H16F18O2. The Balaban J connectivity index is 1.90. The van der Waals surface area contributed by atoms with Gasteiger partial charge in [0.15, 0.2) is 0 Å². The molecule has 0 amide bonds. The highest BCUT2D eigenvalue weighted by molar-refractivity contribution is 5.87. The maximum Gasteiger partial charge on any atom is 0.460 e. The van der Waals surface area contributed by atoms with Crippen LogP contribution in [0.15, 0.2) is 84.9 Å². The van der Waals surface area contributed by atoms with E-state index in [-0.39, 0.29) is 24.3 Å². The lowest BCUT2D eigenvalue weighted by Crippen LogP contribution is -2.59. The molecule has 20 heteroatoms. The number of alkyl halides is 18. The maximum absolute atomic E-state index is 15.3. The smallest absolute Gasteiger partial charge is 0.460 e. The Morgan fingerprint density at radius 1 is 0.358 bits per heavy atom. The summed E-state index contributed by atoms with van der Waals surface area (Å²) in [5, 5.41) is 19.8. The Bertz CT molecular complexity index is 1880. The Hall–Kier alpha value is -4.78. The first-order chi connectivity index (χ1) is 23.9. The lowest BCUT2D eigenvalue weighted by Gasteiger charge is -2.37. The summed E-state index contributed by atoms with van der Waals surface area (Å²) in [4.78, 5) is 0. The highest BCUT2D eigenvalue weighted by Gasteiger charge is 2.83. The summed E-state index contributed by atoms with van der Waals surface area (Å²) in [5.41, 5.74) is -10.8. The zero-order valence-electron chi connectivity index (χ0n) is 25.3. The molecule has 0 bridgehead atoms. The van der Waals surface area contributed by atoms with Crippen molar-refractivity contribution in [2.75, 3.05) is 0 Å². The summed E-state index contributed by atoms with van der Waals surface area (Å²) < 4.78 is 253. The minimum atomic E-state index is -7.37. The number of hydrogen-bond donors (Lipinski definition) is 2. The van der Waals surface area contributed by atoms with Crippen molar-refractivity contribution in [3.63, 3.8) is 0 Å². The molecule has 53 heavy (non-hydrogen) atoms. The van der Waals surface area contributed by atoms with Crippen LogP contribution >= 0.6 is 0 Å². The van der Waals surface area contributed by atoms with Crippen LogP contribution in [0.1, 0.15) is 33.4 Å². The van der Waals surface area contributed by atoms with Crippen molar-refractivity contribution in [3.8, 4) is 22.6 Å². The highest BCUT2D eigenvalue weighted by Crippen LogP contribution is 2.62. The van der Waals surface area contributed by atoms with E-state index in [4.69, 9.17) is 0 Å². The minimum absolute atomic E-state index is 0.0420. The number of phenolic OH excluding ortho intramolecular Hbond substituents is 2. The molecule has 0 saturated heterocycles. The van der Waals surface area contributed by atoms with Crippen molar-refractivity contribution < 1.29 is 89.2 Å². The first kappa shape index (κ1) is 39.4. The van der Waals surface area contributed by atoms with Gasteiger partial charge in [0.2, 0.25) is 0 Å². The molecule has 0 aliphatic heterocycles. The van der Waals surface area contributed by atoms with Gasteiger partial charge >= 0.3 is 47.9 Å². The van der Waals surface area contributed by atoms with E-state index in [1.807, 2.05) is 0 Å². The zero-order valence-corrected chi connectivity index (χ0v) is 25.3. The summed E-state index contributed by atoms with van der Waals surface area (Å²) in [6, 6.07) is 7.54. The molecule has 4 aromatic carbocycles. The number of hydrogen-bond acceptors (Lipinski definition) is 2. The van der Waals surface area contributed by atoms with Gasteiger partial charge in [0.1, 0.15) is 11.5 Å². The first-order valence-corrected chi connectivity index (χ1v) is 14.2. The Kier molecular flexibility index (Phi) is 8.64. The van der Waals surface area contributed by atoms with Crippen molar-refractivity contribution in [2.45, 2.75) is 53.3 Å². The van der Waals surface area contributed by atoms with Gasteiger partial charge in [-0.1, -0.05) is 48.5 Å². The van der Waals surface area contributed by atoms with Crippen molar-refractivity contribution in [1.82, 2.24) is 0 Å². The van der Waals surface area contributed by atoms with Gasteiger partial charge in [0.05, 0.1) is 5.41 Å². The lowest BCUT2D eigenvalue weighted by atomic mass is 9.67. The molecule has 0 spiro atoms. The molecule has 5 rings (SSSR count). The monoisotopic (exact) mass is 786 g/mol. The molecule has 2 N–H and O–H groups in total. The van der Waals surface area contributed by atoms with Crippen LogP contribution in [0.5, 0.6) is 11.5 Å². The number of fused-ring (bicyclic) bond motifs is 3. The SMILES string of the molecule is Oc1ccc(C2(c3ccc(O)cc3)c3cc(C(F)(F)C(F)(F)C(F)(F)C(F)(F)F)ccc3-c3ccc(C(F)(F)C(F)(F)C(F)(F)C(F)(F)F)cc32)cc1. The third-order valence-corrected chi connectivity index (χ3v) is 8.75. The molecule has 1 aliphatic rings. The second kappa shape index (κ2) is 11.6. The normalized spacial score (nSPS) is 15.7. The molecule has 0 heterocycles. The van der Waals surface area contributed by atoms with E-state index in [1.54, 1.807) is 0 Å². The first-order valence-electron chi connectivity index (χ1n) is 14.2. The average molecular weight is 786 g/mol. The molecule has 0 atom stereocenters. The van der Waals surface area contributed by atoms with Gasteiger partial charge in [-0.25, -0.2) is 0 Å². The molecular weight excluding hydrogens is 770 g/mol. The Labute approximate surface area is 283 Å². The third kappa shape index (κ3) is 5.28. The van der Waals surface area contributed by atoms with Gasteiger partial charge in [-0.2, -0.15) is 79.0 Å². The second-order valence-corrected chi connectivity index (χ2v) is 11.8. The summed E-state index contributed by atoms with van der Waals surface area (Å²) in [5.74, 6) is -43.1. The quantitative estimate of drug-likeness (QED) is 0.154. The van der Waals surface area contributed by atoms with Crippen LogP contribution in [0.3, 0.4) is 0 Å². The summed E-state index contributed by atoms with van der Waals surface area (Å²) >= 11 is 0. The van der Waals surface area contributed by atoms with E-state index in [0.29, 0.717) is 12.1 Å². The molecule has 0 fully saturated rings. The van der Waals surface area contributed by atoms with Crippen LogP contribution in [0.25, 0.3) is 11.1 Å². The van der Waals surface area contributed by atoms with Crippen LogP contribution in [0.2, 0.25) is 0 Å². The molecule has 0 radical (unpaired) electrons. The fourth-order valence-corrected chi connectivity index (χ4v) is 6.04. The minimum Gasteiger partial charge on any atom is -0.508 e. The second-order valence-electron chi connectivity index (χ2n) is 11.8. The standard InChI is InChI=1S/C33H16F18O2/c34-26(35,28(38,39)30(42,43)32(46,47)48)17-5-11-21-22-12-6-18(27(36,37)29(40,41)31(44,45)33(49,50)51)14-24(22)25(23(21)13-17,15-1-7-19(52)8-2-15)16-3-9-20(53)10-4-16/h1-14,52-53H. The number of phenols is 2. The van der Waals surface area contributed by atoms with Gasteiger partial charge < -0.3 is 10.2 Å². The largest absolute Gasteiger partial charge is 0.508 e. The van der Waals surface area contributed by atoms with Crippen molar-refractivity contribution >= 4 is 0 Å². The van der Waals surface area contributed by atoms with Crippen LogP contribution < -0.4 is 0 Å². The lowest BCUT2D eigenvalue weighted by molar-refractivity contribution is -0.399. The number of benzene rings is 4. The Morgan fingerprint density at radius 2 is 0.642 bits per heavy atom. The molecule has 1 aliphatic carbocycles. The van der Waals surface area contributed by atoms with Crippen LogP contribution in [-0.2, 0) is 17.3 Å². The topological polar surface area (TPSA) is 40.5 Å². The molecule has 286 valence electrons. The highest BCUT2D eigenvalue weighted by atomic mass is 19.4. The predicted molar refractivity (Wildman–Crippen MR) is 147 cm³/mol. The van der Waals surface area contributed by atoms with Gasteiger partial charge in [-0.15, -0.1) is 0 Å². The predicted octanol–water partition coefficient (Wildman–Crippen LogP) is 11.3. The van der Waals surface area contributed by atoms with Gasteiger partial charge in [0, 0.05) is 11.1 Å². The van der Waals surface area contributed by atoms with Crippen molar-refractivity contribution in [2.24, 2.45) is 0 Å². The van der Waals surface area contributed by atoms with Gasteiger partial charge in [0.25, 0.3) is 0 Å². The molecule has 2 nitrogen and oxygen atoms in total. The van der Waals surface area contributed by atoms with E-state index >= 15 is 17.6 Å². The average Bonchev–Trinajstić information content (AvgIpc) is 3.34. The molecule has 4 aromatic rings. The van der Waals surface area contributed by atoms with Crippen molar-refractivity contribution in [1.29, 1.82) is 0 Å². The van der Waals surface area contributed by atoms with Crippen LogP contribution in [-0.4, -0.2) is 46.3 Å². The fourth-order valence-electron chi connectivity index (χ4n) is 6.04. The molecule has 0 aromatic heterocycles. The summed E-state index contributed by atoms with van der Waals surface area (Å²) in [6.45, 7) is 0. The van der Waals surface area contributed by atoms with Crippen LogP contribution in [0.4, 0.5) is 79.0 Å². The Morgan fingerprint density at radius 3 is 0.906 bits per heavy atom. The molecule has 0 saturated carbocycles. The van der Waals surface area contributed by atoms with E-state index in [1.165, 1.54) is 0 Å². The summed E-state index contributed by atoms with van der Waals surface area (Å²) in [6.07, 6.45) is -14.5. The number of halogens is 18. The summed E-state index contributed by atoms with van der Waals surface area (Å²) in [7, 11) is 0. The maximum atomic E-state index is 15.3. The van der Waals surface area contributed by atoms with E-state index < -0.39 is 109 Å². The number of rotatable bonds is 8. The van der Waals surface area contributed by atoms with Gasteiger partial charge in [-0.3, -0.25) is 0 Å². The number of aromatic hydroxyl groups is 2. The van der Waals surface area contributed by atoms with E-state index in [0.717, 1.165) is 48.5 Å². The third-order valence-electron chi connectivity index (χ3n) is 8.75. The van der Waals surface area contributed by atoms with E-state index in [2.05, 4.69) is 0 Å².